The Hall–Kier alpha value is -5.11. The van der Waals surface area contributed by atoms with Crippen LogP contribution in [0.3, 0.4) is 0 Å². The number of carbonyl (C=O) groups is 3. The average Bonchev–Trinajstić information content (AvgIpc) is 3.33. The van der Waals surface area contributed by atoms with Crippen LogP contribution in [0, 0.1) is 0 Å². The van der Waals surface area contributed by atoms with Crippen LogP contribution in [0.1, 0.15) is 53.9 Å². The first-order valence-corrected chi connectivity index (χ1v) is 13.7. The minimum atomic E-state index is -1.23. The van der Waals surface area contributed by atoms with E-state index in [1.165, 1.54) is 0 Å². The number of carboxylic acid groups (broad SMARTS) is 1. The molecule has 0 bridgehead atoms. The summed E-state index contributed by atoms with van der Waals surface area (Å²) in [5.41, 5.74) is 5.17. The first-order chi connectivity index (χ1) is 20.1. The summed E-state index contributed by atoms with van der Waals surface area (Å²) >= 11 is 0. The molecular formula is C34H33N3O5. The number of amides is 3. The predicted molar refractivity (Wildman–Crippen MR) is 163 cm³/mol. The summed E-state index contributed by atoms with van der Waals surface area (Å²) in [6.45, 7) is 6.69. The summed E-state index contributed by atoms with van der Waals surface area (Å²) in [4.78, 5) is 39.4. The fraction of sp³-hybridized carbons (Fsp3) is 0.206. The normalized spacial score (nSPS) is 14.8. The van der Waals surface area contributed by atoms with Gasteiger partial charge in [-0.05, 0) is 51.4 Å². The van der Waals surface area contributed by atoms with Crippen LogP contribution < -0.4 is 10.6 Å². The second-order valence-corrected chi connectivity index (χ2v) is 11.2. The van der Waals surface area contributed by atoms with Gasteiger partial charge in [-0.2, -0.15) is 0 Å². The number of rotatable bonds is 7. The number of cyclic esters (lactones) is 1. The van der Waals surface area contributed by atoms with E-state index in [9.17, 15) is 19.5 Å². The summed E-state index contributed by atoms with van der Waals surface area (Å²) in [5.74, 6) is -0.381. The molecule has 3 N–H and O–H groups in total. The largest absolute Gasteiger partial charge is 0.465 e. The van der Waals surface area contributed by atoms with E-state index in [-0.39, 0.29) is 30.3 Å². The number of anilines is 2. The molecule has 4 aromatic carbocycles. The molecule has 1 fully saturated rings. The predicted octanol–water partition coefficient (Wildman–Crippen LogP) is 7.69. The lowest BCUT2D eigenvalue weighted by atomic mass is 9.80. The van der Waals surface area contributed by atoms with Crippen LogP contribution in [0.25, 0.3) is 11.1 Å². The van der Waals surface area contributed by atoms with Crippen molar-refractivity contribution in [3.05, 3.63) is 119 Å². The van der Waals surface area contributed by atoms with Gasteiger partial charge in [0.2, 0.25) is 0 Å². The highest BCUT2D eigenvalue weighted by Crippen LogP contribution is 2.42. The van der Waals surface area contributed by atoms with E-state index in [1.807, 2.05) is 99.6 Å². The molecule has 1 aliphatic heterocycles. The maximum atomic E-state index is 13.6. The van der Waals surface area contributed by atoms with E-state index >= 15 is 0 Å². The van der Waals surface area contributed by atoms with E-state index in [0.29, 0.717) is 17.8 Å². The molecule has 0 saturated carbocycles. The van der Waals surface area contributed by atoms with E-state index in [4.69, 9.17) is 4.74 Å². The Bertz CT molecular complexity index is 1600. The fourth-order valence-electron chi connectivity index (χ4n) is 5.31. The van der Waals surface area contributed by atoms with E-state index < -0.39 is 11.5 Å². The van der Waals surface area contributed by atoms with Crippen LogP contribution in [0.5, 0.6) is 0 Å². The van der Waals surface area contributed by atoms with Crippen molar-refractivity contribution < 1.29 is 24.2 Å². The molecule has 0 unspecified atom stereocenters. The fourth-order valence-corrected chi connectivity index (χ4v) is 5.31. The number of ether oxygens (including phenoxy) is 1. The third-order valence-electron chi connectivity index (χ3n) is 7.25. The van der Waals surface area contributed by atoms with Gasteiger partial charge in [-0.25, -0.2) is 9.59 Å². The number of nitrogens with zero attached hydrogens (tertiary/aromatic N) is 1. The van der Waals surface area contributed by atoms with Gasteiger partial charge in [0.05, 0.1) is 17.4 Å². The highest BCUT2D eigenvalue weighted by molar-refractivity contribution is 6.08. The molecule has 1 saturated heterocycles. The molecule has 8 nitrogen and oxygen atoms in total. The molecule has 42 heavy (non-hydrogen) atoms. The lowest BCUT2D eigenvalue weighted by molar-refractivity contribution is 0.102. The van der Waals surface area contributed by atoms with Gasteiger partial charge in [0.1, 0.15) is 6.61 Å². The van der Waals surface area contributed by atoms with Gasteiger partial charge in [-0.3, -0.25) is 15.0 Å². The van der Waals surface area contributed by atoms with Crippen molar-refractivity contribution in [2.24, 2.45) is 0 Å². The second-order valence-electron chi connectivity index (χ2n) is 11.2. The Morgan fingerprint density at radius 2 is 1.52 bits per heavy atom. The van der Waals surface area contributed by atoms with Gasteiger partial charge in [-0.15, -0.1) is 0 Å². The number of carbonyl (C=O) groups excluding carboxylic acids is 2. The molecule has 3 amide bonds. The van der Waals surface area contributed by atoms with Crippen molar-refractivity contribution in [3.63, 3.8) is 0 Å². The quantitative estimate of drug-likeness (QED) is 0.214. The molecule has 214 valence electrons. The molecule has 0 spiro atoms. The number of benzene rings is 4. The van der Waals surface area contributed by atoms with Gasteiger partial charge in [0, 0.05) is 12.1 Å². The van der Waals surface area contributed by atoms with Crippen LogP contribution in [-0.2, 0) is 16.7 Å². The molecule has 1 atom stereocenters. The average molecular weight is 564 g/mol. The Labute approximate surface area is 244 Å². The molecule has 4 aromatic rings. The molecule has 1 aliphatic rings. The minimum absolute atomic E-state index is 0.186. The molecule has 5 rings (SSSR count). The smallest absolute Gasteiger partial charge is 0.410 e. The topological polar surface area (TPSA) is 108 Å². The van der Waals surface area contributed by atoms with E-state index in [1.54, 1.807) is 23.1 Å². The molecule has 8 heteroatoms. The van der Waals surface area contributed by atoms with Crippen LogP contribution in [0.2, 0.25) is 0 Å². The third kappa shape index (κ3) is 6.12. The Kier molecular flexibility index (Phi) is 7.97. The maximum Gasteiger partial charge on any atom is 0.410 e. The first kappa shape index (κ1) is 28.4. The van der Waals surface area contributed by atoms with Crippen molar-refractivity contribution in [1.82, 2.24) is 4.90 Å². The van der Waals surface area contributed by atoms with E-state index in [2.05, 4.69) is 10.6 Å². The monoisotopic (exact) mass is 563 g/mol. The summed E-state index contributed by atoms with van der Waals surface area (Å²) in [7, 11) is 0. The minimum Gasteiger partial charge on any atom is -0.465 e. The summed E-state index contributed by atoms with van der Waals surface area (Å²) in [6, 6.07) is 29.9. The van der Waals surface area contributed by atoms with Crippen molar-refractivity contribution in [3.8, 4) is 11.1 Å². The van der Waals surface area contributed by atoms with E-state index in [0.717, 1.165) is 27.8 Å². The summed E-state index contributed by atoms with van der Waals surface area (Å²) in [5, 5.41) is 15.0. The highest BCUT2D eigenvalue weighted by Gasteiger charge is 2.34. The van der Waals surface area contributed by atoms with Gasteiger partial charge in [0.15, 0.2) is 0 Å². The van der Waals surface area contributed by atoms with Crippen LogP contribution in [-0.4, -0.2) is 34.7 Å². The number of nitrogens with one attached hydrogen (secondary N) is 2. The lowest BCUT2D eigenvalue weighted by Crippen LogP contribution is -2.27. The Balaban J connectivity index is 1.43. The van der Waals surface area contributed by atoms with Gasteiger partial charge < -0.3 is 15.2 Å². The number of hydrogen-bond donors (Lipinski definition) is 3. The van der Waals surface area contributed by atoms with Crippen molar-refractivity contribution in [1.29, 1.82) is 0 Å². The molecule has 0 aromatic heterocycles. The second kappa shape index (κ2) is 11.8. The molecule has 0 radical (unpaired) electrons. The zero-order valence-electron chi connectivity index (χ0n) is 23.8. The Morgan fingerprint density at radius 1 is 0.881 bits per heavy atom. The number of hydrogen-bond acceptors (Lipinski definition) is 4. The first-order valence-electron chi connectivity index (χ1n) is 13.7. The lowest BCUT2D eigenvalue weighted by Gasteiger charge is -2.28. The van der Waals surface area contributed by atoms with Gasteiger partial charge in [-0.1, -0.05) is 99.6 Å². The molecule has 1 heterocycles. The third-order valence-corrected chi connectivity index (χ3v) is 7.25. The zero-order chi connectivity index (χ0) is 29.9. The van der Waals surface area contributed by atoms with Gasteiger partial charge in [0.25, 0.3) is 5.91 Å². The standard InChI is InChI=1S/C34H33N3O5/c1-34(2,3)29-26(23-10-6-4-7-11-23)18-19-27(35-32(39)40)30(29)36-31(38)25-16-14-22(15-17-25)20-37-28(21-42-33(37)41)24-12-8-5-9-13-24/h4-19,28,35H,20-21H2,1-3H3,(H,36,38)(H,39,40)/t28-/m1/s1. The van der Waals surface area contributed by atoms with Crippen LogP contribution in [0.15, 0.2) is 97.1 Å². The van der Waals surface area contributed by atoms with Crippen LogP contribution >= 0.6 is 0 Å². The van der Waals surface area contributed by atoms with Crippen molar-refractivity contribution >= 4 is 29.5 Å². The Morgan fingerprint density at radius 3 is 2.14 bits per heavy atom. The van der Waals surface area contributed by atoms with Crippen molar-refractivity contribution in [2.75, 3.05) is 17.2 Å². The zero-order valence-corrected chi connectivity index (χ0v) is 23.8. The van der Waals surface area contributed by atoms with Crippen LogP contribution in [0.4, 0.5) is 21.0 Å². The van der Waals surface area contributed by atoms with Gasteiger partial charge >= 0.3 is 12.2 Å². The summed E-state index contributed by atoms with van der Waals surface area (Å²) in [6.07, 6.45) is -1.60. The van der Waals surface area contributed by atoms with Crippen molar-refractivity contribution in [2.45, 2.75) is 38.8 Å². The maximum absolute atomic E-state index is 13.6. The highest BCUT2D eigenvalue weighted by atomic mass is 16.6. The molecule has 0 aliphatic carbocycles. The SMILES string of the molecule is CC(C)(C)c1c(-c2ccccc2)ccc(NC(=O)O)c1NC(=O)c1ccc(CN2C(=O)OC[C@@H]2c2ccccc2)cc1. The molecular weight excluding hydrogens is 530 g/mol. The summed E-state index contributed by atoms with van der Waals surface area (Å²) < 4.78 is 5.33.